The number of hydrogen-bond donors (Lipinski definition) is 2. The van der Waals surface area contributed by atoms with Crippen LogP contribution in [-0.4, -0.2) is 11.1 Å². The number of carbonyl (C=O) groups is 1. The second-order valence-corrected chi connectivity index (χ2v) is 3.28. The molecule has 1 rings (SSSR count). The molecule has 1 aromatic carbocycles. The van der Waals surface area contributed by atoms with Crippen LogP contribution < -0.4 is 5.73 Å². The lowest BCUT2D eigenvalue weighted by Crippen LogP contribution is -2.15. The van der Waals surface area contributed by atoms with Gasteiger partial charge in [0.1, 0.15) is 5.82 Å². The first kappa shape index (κ1) is 10.9. The Morgan fingerprint density at radius 2 is 2.29 bits per heavy atom. The van der Waals surface area contributed by atoms with Crippen LogP contribution in [-0.2, 0) is 4.79 Å². The number of aliphatic carboxylic acids is 1. The minimum Gasteiger partial charge on any atom is -0.481 e. The number of carboxylic acids is 1. The maximum atomic E-state index is 12.8. The molecule has 0 unspecified atom stereocenters. The molecule has 0 bridgehead atoms. The molecular weight excluding hydrogens is 209 g/mol. The molecule has 0 spiro atoms. The van der Waals surface area contributed by atoms with Crippen molar-refractivity contribution in [3.05, 3.63) is 34.6 Å². The Hall–Kier alpha value is -1.13. The number of carboxylic acid groups (broad SMARTS) is 1. The highest BCUT2D eigenvalue weighted by atomic mass is 35.5. The summed E-state index contributed by atoms with van der Waals surface area (Å²) in [6.07, 6.45) is -0.275. The van der Waals surface area contributed by atoms with Crippen molar-refractivity contribution in [2.24, 2.45) is 5.73 Å². The lowest BCUT2D eigenvalue weighted by atomic mass is 10.0. The van der Waals surface area contributed by atoms with E-state index >= 15 is 0 Å². The van der Waals surface area contributed by atoms with Crippen LogP contribution in [0.25, 0.3) is 0 Å². The van der Waals surface area contributed by atoms with Gasteiger partial charge in [0.2, 0.25) is 0 Å². The van der Waals surface area contributed by atoms with Crippen LogP contribution in [0.2, 0.25) is 5.02 Å². The van der Waals surface area contributed by atoms with Crippen molar-refractivity contribution < 1.29 is 14.3 Å². The van der Waals surface area contributed by atoms with Gasteiger partial charge in [-0.2, -0.15) is 0 Å². The Morgan fingerprint density at radius 1 is 1.64 bits per heavy atom. The molecule has 0 saturated heterocycles. The van der Waals surface area contributed by atoms with Gasteiger partial charge < -0.3 is 10.8 Å². The van der Waals surface area contributed by atoms with E-state index in [1.54, 1.807) is 0 Å². The molecule has 1 atom stereocenters. The van der Waals surface area contributed by atoms with Crippen LogP contribution in [0.1, 0.15) is 18.0 Å². The zero-order valence-electron chi connectivity index (χ0n) is 7.21. The maximum Gasteiger partial charge on any atom is 0.305 e. The fourth-order valence-electron chi connectivity index (χ4n) is 1.10. The summed E-state index contributed by atoms with van der Waals surface area (Å²) in [4.78, 5) is 10.4. The Labute approximate surface area is 85.3 Å². The number of rotatable bonds is 3. The van der Waals surface area contributed by atoms with Crippen molar-refractivity contribution in [1.82, 2.24) is 0 Å². The van der Waals surface area contributed by atoms with E-state index in [4.69, 9.17) is 22.4 Å². The van der Waals surface area contributed by atoms with Crippen LogP contribution in [0.4, 0.5) is 4.39 Å². The van der Waals surface area contributed by atoms with E-state index in [0.29, 0.717) is 5.56 Å². The number of halogens is 2. The van der Waals surface area contributed by atoms with Gasteiger partial charge >= 0.3 is 5.97 Å². The quantitative estimate of drug-likeness (QED) is 0.814. The molecule has 0 heterocycles. The SMILES string of the molecule is N[C@@H](CC(=O)O)c1cc(F)ccc1Cl. The van der Waals surface area contributed by atoms with Gasteiger partial charge in [0, 0.05) is 11.1 Å². The molecule has 14 heavy (non-hydrogen) atoms. The van der Waals surface area contributed by atoms with Crippen molar-refractivity contribution in [3.8, 4) is 0 Å². The van der Waals surface area contributed by atoms with Crippen LogP contribution in [0.3, 0.4) is 0 Å². The van der Waals surface area contributed by atoms with E-state index < -0.39 is 17.8 Å². The topological polar surface area (TPSA) is 63.3 Å². The van der Waals surface area contributed by atoms with Gasteiger partial charge in [-0.15, -0.1) is 0 Å². The van der Waals surface area contributed by atoms with E-state index in [0.717, 1.165) is 6.07 Å². The summed E-state index contributed by atoms with van der Waals surface area (Å²) in [6, 6.07) is 2.92. The van der Waals surface area contributed by atoms with E-state index in [-0.39, 0.29) is 11.4 Å². The van der Waals surface area contributed by atoms with Crippen molar-refractivity contribution in [1.29, 1.82) is 0 Å². The molecule has 0 aliphatic rings. The van der Waals surface area contributed by atoms with E-state index in [1.807, 2.05) is 0 Å². The molecule has 3 N–H and O–H groups in total. The highest BCUT2D eigenvalue weighted by molar-refractivity contribution is 6.31. The second kappa shape index (κ2) is 4.39. The van der Waals surface area contributed by atoms with E-state index in [2.05, 4.69) is 0 Å². The summed E-state index contributed by atoms with van der Waals surface area (Å²) in [6.45, 7) is 0. The number of nitrogens with two attached hydrogens (primary N) is 1. The number of benzene rings is 1. The zero-order valence-corrected chi connectivity index (χ0v) is 7.96. The lowest BCUT2D eigenvalue weighted by Gasteiger charge is -2.10. The fourth-order valence-corrected chi connectivity index (χ4v) is 1.35. The Morgan fingerprint density at radius 3 is 2.86 bits per heavy atom. The summed E-state index contributed by atoms with van der Waals surface area (Å²) in [7, 11) is 0. The Kier molecular flexibility index (Phi) is 3.43. The molecule has 3 nitrogen and oxygen atoms in total. The summed E-state index contributed by atoms with van der Waals surface area (Å²) < 4.78 is 12.8. The van der Waals surface area contributed by atoms with Crippen LogP contribution in [0.5, 0.6) is 0 Å². The first-order valence-corrected chi connectivity index (χ1v) is 4.31. The monoisotopic (exact) mass is 217 g/mol. The highest BCUT2D eigenvalue weighted by Gasteiger charge is 2.14. The van der Waals surface area contributed by atoms with Gasteiger partial charge in [0.25, 0.3) is 0 Å². The first-order valence-electron chi connectivity index (χ1n) is 3.93. The molecule has 76 valence electrons. The van der Waals surface area contributed by atoms with Crippen LogP contribution >= 0.6 is 11.6 Å². The minimum absolute atomic E-state index is 0.275. The van der Waals surface area contributed by atoms with Crippen molar-refractivity contribution >= 4 is 17.6 Å². The lowest BCUT2D eigenvalue weighted by molar-refractivity contribution is -0.137. The van der Waals surface area contributed by atoms with Crippen molar-refractivity contribution in [3.63, 3.8) is 0 Å². The third-order valence-corrected chi connectivity index (χ3v) is 2.10. The standard InChI is InChI=1S/C9H9ClFNO2/c10-7-2-1-5(11)3-6(7)8(12)4-9(13)14/h1-3,8H,4,12H2,(H,13,14)/t8-/m0/s1. The van der Waals surface area contributed by atoms with Gasteiger partial charge in [-0.1, -0.05) is 11.6 Å². The first-order chi connectivity index (χ1) is 6.50. The van der Waals surface area contributed by atoms with Gasteiger partial charge in [-0.3, -0.25) is 4.79 Å². The normalized spacial score (nSPS) is 12.5. The van der Waals surface area contributed by atoms with E-state index in [9.17, 15) is 9.18 Å². The Bertz CT molecular complexity index is 357. The average molecular weight is 218 g/mol. The summed E-state index contributed by atoms with van der Waals surface area (Å²) in [5.74, 6) is -1.52. The van der Waals surface area contributed by atoms with Crippen LogP contribution in [0.15, 0.2) is 18.2 Å². The predicted molar refractivity (Wildman–Crippen MR) is 50.6 cm³/mol. The maximum absolute atomic E-state index is 12.8. The fraction of sp³-hybridized carbons (Fsp3) is 0.222. The summed E-state index contributed by atoms with van der Waals surface area (Å²) in [5.41, 5.74) is 5.85. The van der Waals surface area contributed by atoms with Crippen molar-refractivity contribution in [2.45, 2.75) is 12.5 Å². The second-order valence-electron chi connectivity index (χ2n) is 2.87. The molecule has 0 aliphatic carbocycles. The van der Waals surface area contributed by atoms with Gasteiger partial charge in [-0.25, -0.2) is 4.39 Å². The third kappa shape index (κ3) is 2.68. The van der Waals surface area contributed by atoms with Gasteiger partial charge in [0.05, 0.1) is 6.42 Å². The third-order valence-electron chi connectivity index (χ3n) is 1.75. The summed E-state index contributed by atoms with van der Waals surface area (Å²) in [5, 5.41) is 8.77. The Balaban J connectivity index is 2.93. The summed E-state index contributed by atoms with van der Waals surface area (Å²) >= 11 is 5.73. The molecule has 0 aromatic heterocycles. The minimum atomic E-state index is -1.04. The molecular formula is C9H9ClFNO2. The molecule has 0 radical (unpaired) electrons. The predicted octanol–water partition coefficient (Wildman–Crippen LogP) is 1.95. The molecule has 1 aromatic rings. The van der Waals surface area contributed by atoms with Gasteiger partial charge in [-0.05, 0) is 23.8 Å². The molecule has 5 heteroatoms. The molecule has 0 aliphatic heterocycles. The molecule has 0 fully saturated rings. The molecule has 0 saturated carbocycles. The van der Waals surface area contributed by atoms with Crippen molar-refractivity contribution in [2.75, 3.05) is 0 Å². The van der Waals surface area contributed by atoms with Gasteiger partial charge in [0.15, 0.2) is 0 Å². The smallest absolute Gasteiger partial charge is 0.305 e. The average Bonchev–Trinajstić information content (AvgIpc) is 2.08. The number of hydrogen-bond acceptors (Lipinski definition) is 2. The largest absolute Gasteiger partial charge is 0.481 e. The van der Waals surface area contributed by atoms with Crippen LogP contribution in [0, 0.1) is 5.82 Å². The van der Waals surface area contributed by atoms with E-state index in [1.165, 1.54) is 12.1 Å². The molecule has 0 amide bonds. The zero-order chi connectivity index (χ0) is 10.7. The highest BCUT2D eigenvalue weighted by Crippen LogP contribution is 2.24.